The van der Waals surface area contributed by atoms with E-state index in [1.54, 1.807) is 0 Å². The van der Waals surface area contributed by atoms with Gasteiger partial charge in [0.2, 0.25) is 0 Å². The molecule has 1 atom stereocenters. The number of β-amino-alcohol motifs (C(OH)–C–C–N with tert-alkyl or cyclic N) is 1. The van der Waals surface area contributed by atoms with E-state index in [2.05, 4.69) is 56.1 Å². The lowest BCUT2D eigenvalue weighted by Gasteiger charge is -2.35. The van der Waals surface area contributed by atoms with Gasteiger partial charge in [0.25, 0.3) is 0 Å². The van der Waals surface area contributed by atoms with Crippen LogP contribution >= 0.6 is 15.9 Å². The van der Waals surface area contributed by atoms with E-state index in [0.717, 1.165) is 42.9 Å². The number of benzene rings is 2. The monoisotopic (exact) mass is 404 g/mol. The molecule has 0 radical (unpaired) electrons. The Hall–Kier alpha value is -1.40. The van der Waals surface area contributed by atoms with Gasteiger partial charge in [0.05, 0.1) is 0 Å². The van der Waals surface area contributed by atoms with Crippen LogP contribution in [0.25, 0.3) is 0 Å². The molecule has 3 rings (SSSR count). The lowest BCUT2D eigenvalue weighted by Crippen LogP contribution is -2.48. The van der Waals surface area contributed by atoms with Gasteiger partial charge in [-0.15, -0.1) is 0 Å². The Morgan fingerprint density at radius 1 is 0.920 bits per heavy atom. The van der Waals surface area contributed by atoms with E-state index in [4.69, 9.17) is 4.74 Å². The first-order chi connectivity index (χ1) is 12.2. The summed E-state index contributed by atoms with van der Waals surface area (Å²) in [6.07, 6.45) is -0.468. The van der Waals surface area contributed by atoms with Crippen molar-refractivity contribution in [3.8, 4) is 5.75 Å². The fourth-order valence-electron chi connectivity index (χ4n) is 3.05. The van der Waals surface area contributed by atoms with Crippen LogP contribution in [0.15, 0.2) is 59.1 Å². The highest BCUT2D eigenvalue weighted by atomic mass is 79.9. The molecular formula is C20H25BrN2O2. The minimum atomic E-state index is -0.468. The van der Waals surface area contributed by atoms with E-state index >= 15 is 0 Å². The summed E-state index contributed by atoms with van der Waals surface area (Å²) in [5.41, 5.74) is 1.36. The van der Waals surface area contributed by atoms with Crippen LogP contribution in [0.2, 0.25) is 0 Å². The molecule has 1 aliphatic heterocycles. The Morgan fingerprint density at radius 2 is 1.56 bits per heavy atom. The molecule has 1 heterocycles. The standard InChI is InChI=1S/C20H25BrN2O2/c21-18-6-8-20(9-7-18)25-16-19(24)15-23-12-10-22(11-13-23)14-17-4-2-1-3-5-17/h1-9,19,24H,10-16H2/t19-/m1/s1. The number of piperazine rings is 1. The second-order valence-corrected chi connectivity index (χ2v) is 7.40. The number of ether oxygens (including phenoxy) is 1. The first kappa shape index (κ1) is 18.4. The number of aliphatic hydroxyl groups is 1. The summed E-state index contributed by atoms with van der Waals surface area (Å²) < 4.78 is 6.68. The molecular weight excluding hydrogens is 380 g/mol. The molecule has 4 nitrogen and oxygen atoms in total. The van der Waals surface area contributed by atoms with Crippen LogP contribution in [0.5, 0.6) is 5.75 Å². The van der Waals surface area contributed by atoms with Gasteiger partial charge in [-0.2, -0.15) is 0 Å². The molecule has 1 saturated heterocycles. The molecule has 0 unspecified atom stereocenters. The third-order valence-electron chi connectivity index (χ3n) is 4.44. The molecule has 5 heteroatoms. The maximum Gasteiger partial charge on any atom is 0.119 e. The quantitative estimate of drug-likeness (QED) is 0.769. The van der Waals surface area contributed by atoms with Crippen molar-refractivity contribution in [1.29, 1.82) is 0 Å². The largest absolute Gasteiger partial charge is 0.491 e. The van der Waals surface area contributed by atoms with E-state index in [9.17, 15) is 5.11 Å². The van der Waals surface area contributed by atoms with Crippen molar-refractivity contribution < 1.29 is 9.84 Å². The fourth-order valence-corrected chi connectivity index (χ4v) is 3.31. The lowest BCUT2D eigenvalue weighted by atomic mass is 10.2. The van der Waals surface area contributed by atoms with Gasteiger partial charge >= 0.3 is 0 Å². The average Bonchev–Trinajstić information content (AvgIpc) is 2.64. The maximum atomic E-state index is 10.2. The average molecular weight is 405 g/mol. The molecule has 25 heavy (non-hydrogen) atoms. The van der Waals surface area contributed by atoms with Crippen LogP contribution < -0.4 is 4.74 Å². The van der Waals surface area contributed by atoms with Crippen LogP contribution in [0, 0.1) is 0 Å². The smallest absolute Gasteiger partial charge is 0.119 e. The van der Waals surface area contributed by atoms with Crippen LogP contribution in [-0.4, -0.2) is 60.3 Å². The Morgan fingerprint density at radius 3 is 2.24 bits per heavy atom. The fraction of sp³-hybridized carbons (Fsp3) is 0.400. The number of aliphatic hydroxyl groups excluding tert-OH is 1. The zero-order valence-corrected chi connectivity index (χ0v) is 15.9. The van der Waals surface area contributed by atoms with Gasteiger partial charge in [0.1, 0.15) is 18.5 Å². The summed E-state index contributed by atoms with van der Waals surface area (Å²) in [6, 6.07) is 18.3. The molecule has 2 aromatic carbocycles. The van der Waals surface area contributed by atoms with E-state index in [1.807, 2.05) is 24.3 Å². The van der Waals surface area contributed by atoms with Crippen molar-refractivity contribution in [2.24, 2.45) is 0 Å². The van der Waals surface area contributed by atoms with Crippen molar-refractivity contribution in [2.45, 2.75) is 12.6 Å². The number of halogens is 1. The minimum absolute atomic E-state index is 0.325. The molecule has 0 spiro atoms. The molecule has 0 saturated carbocycles. The number of hydrogen-bond donors (Lipinski definition) is 1. The Labute approximate surface area is 158 Å². The van der Waals surface area contributed by atoms with Gasteiger partial charge < -0.3 is 9.84 Å². The SMILES string of the molecule is O[C@@H](COc1ccc(Br)cc1)CN1CCN(Cc2ccccc2)CC1. The number of hydrogen-bond acceptors (Lipinski definition) is 4. The van der Waals surface area contributed by atoms with Crippen LogP contribution in [-0.2, 0) is 6.54 Å². The third kappa shape index (κ3) is 6.12. The highest BCUT2D eigenvalue weighted by Crippen LogP contribution is 2.16. The van der Waals surface area contributed by atoms with Gasteiger partial charge in [-0.1, -0.05) is 46.3 Å². The van der Waals surface area contributed by atoms with Gasteiger partial charge in [-0.25, -0.2) is 0 Å². The minimum Gasteiger partial charge on any atom is -0.491 e. The van der Waals surface area contributed by atoms with E-state index in [1.165, 1.54) is 5.56 Å². The first-order valence-electron chi connectivity index (χ1n) is 8.74. The molecule has 134 valence electrons. The second-order valence-electron chi connectivity index (χ2n) is 6.48. The summed E-state index contributed by atoms with van der Waals surface area (Å²) in [6.45, 7) is 6.04. The summed E-state index contributed by atoms with van der Waals surface area (Å²) >= 11 is 3.40. The summed E-state index contributed by atoms with van der Waals surface area (Å²) in [4.78, 5) is 4.79. The molecule has 1 aliphatic rings. The van der Waals surface area contributed by atoms with Crippen molar-refractivity contribution in [1.82, 2.24) is 9.80 Å². The van der Waals surface area contributed by atoms with Crippen molar-refractivity contribution in [3.63, 3.8) is 0 Å². The van der Waals surface area contributed by atoms with Crippen molar-refractivity contribution >= 4 is 15.9 Å². The Bertz CT molecular complexity index is 628. The zero-order chi connectivity index (χ0) is 17.5. The molecule has 0 bridgehead atoms. The van der Waals surface area contributed by atoms with Crippen molar-refractivity contribution in [3.05, 3.63) is 64.6 Å². The molecule has 1 fully saturated rings. The molecule has 1 N–H and O–H groups in total. The number of nitrogens with zero attached hydrogens (tertiary/aromatic N) is 2. The second kappa shape index (κ2) is 9.34. The molecule has 2 aromatic rings. The van der Waals surface area contributed by atoms with Crippen LogP contribution in [0.1, 0.15) is 5.56 Å². The van der Waals surface area contributed by atoms with Crippen LogP contribution in [0.3, 0.4) is 0 Å². The lowest BCUT2D eigenvalue weighted by molar-refractivity contribution is 0.0446. The van der Waals surface area contributed by atoms with Gasteiger partial charge in [0.15, 0.2) is 0 Å². The summed E-state index contributed by atoms with van der Waals surface area (Å²) in [7, 11) is 0. The van der Waals surface area contributed by atoms with E-state index < -0.39 is 6.10 Å². The van der Waals surface area contributed by atoms with E-state index in [0.29, 0.717) is 13.2 Å². The Kier molecular flexibility index (Phi) is 6.87. The molecule has 0 aromatic heterocycles. The van der Waals surface area contributed by atoms with Gasteiger partial charge in [-0.3, -0.25) is 9.80 Å². The first-order valence-corrected chi connectivity index (χ1v) is 9.53. The van der Waals surface area contributed by atoms with Crippen LogP contribution in [0.4, 0.5) is 0 Å². The highest BCUT2D eigenvalue weighted by Gasteiger charge is 2.19. The maximum absolute atomic E-state index is 10.2. The molecule has 0 aliphatic carbocycles. The number of rotatable bonds is 7. The topological polar surface area (TPSA) is 35.9 Å². The third-order valence-corrected chi connectivity index (χ3v) is 4.97. The van der Waals surface area contributed by atoms with Gasteiger partial charge in [0, 0.05) is 43.7 Å². The normalized spacial score (nSPS) is 17.4. The predicted molar refractivity (Wildman–Crippen MR) is 104 cm³/mol. The summed E-state index contributed by atoms with van der Waals surface area (Å²) in [5, 5.41) is 10.2. The Balaban J connectivity index is 1.36. The predicted octanol–water partition coefficient (Wildman–Crippen LogP) is 3.01. The van der Waals surface area contributed by atoms with E-state index in [-0.39, 0.29) is 0 Å². The zero-order valence-electron chi connectivity index (χ0n) is 14.4. The summed E-state index contributed by atoms with van der Waals surface area (Å²) in [5.74, 6) is 0.787. The molecule has 0 amide bonds. The van der Waals surface area contributed by atoms with Crippen molar-refractivity contribution in [2.75, 3.05) is 39.3 Å². The highest BCUT2D eigenvalue weighted by molar-refractivity contribution is 9.10. The van der Waals surface area contributed by atoms with Gasteiger partial charge in [-0.05, 0) is 29.8 Å².